The van der Waals surface area contributed by atoms with Gasteiger partial charge < -0.3 is 15.0 Å². The summed E-state index contributed by atoms with van der Waals surface area (Å²) >= 11 is 9.40. The van der Waals surface area contributed by atoms with E-state index in [1.54, 1.807) is 0 Å². The summed E-state index contributed by atoms with van der Waals surface area (Å²) in [7, 11) is 0. The van der Waals surface area contributed by atoms with E-state index in [1.807, 2.05) is 32.0 Å². The van der Waals surface area contributed by atoms with E-state index in [1.165, 1.54) is 0 Å². The molecule has 19 heavy (non-hydrogen) atoms. The molecule has 0 unspecified atom stereocenters. The van der Waals surface area contributed by atoms with Crippen LogP contribution >= 0.6 is 27.5 Å². The smallest absolute Gasteiger partial charge is 0.407 e. The van der Waals surface area contributed by atoms with Gasteiger partial charge in [0.2, 0.25) is 0 Å². The topological polar surface area (TPSA) is 54.1 Å². The molecule has 6 heteroatoms. The standard InChI is InChI=1S/C13H14BrClN2O2/c1-7(2)19-13(18)16-6-9-3-8-4-11(15)10(14)5-12(8)17-9/h3-5,7,17H,6H2,1-2H3,(H,16,18). The molecular formula is C13H14BrClN2O2. The van der Waals surface area contributed by atoms with Crippen molar-refractivity contribution in [1.82, 2.24) is 10.3 Å². The molecule has 102 valence electrons. The summed E-state index contributed by atoms with van der Waals surface area (Å²) in [4.78, 5) is 14.6. The molecule has 1 aromatic carbocycles. The van der Waals surface area contributed by atoms with Crippen LogP contribution in [0.2, 0.25) is 5.02 Å². The lowest BCUT2D eigenvalue weighted by Gasteiger charge is -2.08. The second-order valence-corrected chi connectivity index (χ2v) is 5.72. The number of alkyl carbamates (subject to hydrolysis) is 1. The van der Waals surface area contributed by atoms with Crippen LogP contribution in [0.25, 0.3) is 10.9 Å². The van der Waals surface area contributed by atoms with Crippen molar-refractivity contribution in [2.75, 3.05) is 0 Å². The number of fused-ring (bicyclic) bond motifs is 1. The first-order chi connectivity index (χ1) is 8.95. The van der Waals surface area contributed by atoms with Crippen LogP contribution in [-0.2, 0) is 11.3 Å². The van der Waals surface area contributed by atoms with Crippen LogP contribution in [-0.4, -0.2) is 17.2 Å². The van der Waals surface area contributed by atoms with Crippen LogP contribution in [0.3, 0.4) is 0 Å². The largest absolute Gasteiger partial charge is 0.447 e. The molecule has 0 bridgehead atoms. The van der Waals surface area contributed by atoms with E-state index in [-0.39, 0.29) is 6.10 Å². The monoisotopic (exact) mass is 344 g/mol. The Morgan fingerprint density at radius 1 is 1.47 bits per heavy atom. The van der Waals surface area contributed by atoms with Crippen LogP contribution in [0.5, 0.6) is 0 Å². The molecule has 0 aliphatic rings. The molecule has 2 aromatic rings. The van der Waals surface area contributed by atoms with E-state index in [4.69, 9.17) is 16.3 Å². The summed E-state index contributed by atoms with van der Waals surface area (Å²) in [5.74, 6) is 0. The number of rotatable bonds is 3. The number of carbonyl (C=O) groups is 1. The van der Waals surface area contributed by atoms with Gasteiger partial charge in [-0.3, -0.25) is 0 Å². The lowest BCUT2D eigenvalue weighted by molar-refractivity contribution is 0.115. The highest BCUT2D eigenvalue weighted by molar-refractivity contribution is 9.10. The van der Waals surface area contributed by atoms with Crippen LogP contribution < -0.4 is 5.32 Å². The second kappa shape index (κ2) is 5.84. The first-order valence-electron chi connectivity index (χ1n) is 5.87. The molecule has 0 saturated heterocycles. The summed E-state index contributed by atoms with van der Waals surface area (Å²) in [6.07, 6.45) is -0.551. The Balaban J connectivity index is 2.08. The van der Waals surface area contributed by atoms with Crippen molar-refractivity contribution in [2.24, 2.45) is 0 Å². The van der Waals surface area contributed by atoms with Gasteiger partial charge >= 0.3 is 6.09 Å². The molecule has 0 atom stereocenters. The SMILES string of the molecule is CC(C)OC(=O)NCc1cc2cc(Cl)c(Br)cc2[nH]1. The van der Waals surface area contributed by atoms with Crippen molar-refractivity contribution in [3.63, 3.8) is 0 Å². The van der Waals surface area contributed by atoms with E-state index in [2.05, 4.69) is 26.2 Å². The molecule has 0 aliphatic carbocycles. The number of aromatic amines is 1. The van der Waals surface area contributed by atoms with E-state index in [9.17, 15) is 4.79 Å². The highest BCUT2D eigenvalue weighted by Crippen LogP contribution is 2.28. The zero-order valence-electron chi connectivity index (χ0n) is 10.6. The number of carbonyl (C=O) groups excluding carboxylic acids is 1. The fourth-order valence-corrected chi connectivity index (χ4v) is 2.22. The first-order valence-corrected chi connectivity index (χ1v) is 7.04. The summed E-state index contributed by atoms with van der Waals surface area (Å²) in [5, 5.41) is 4.34. The Morgan fingerprint density at radius 2 is 2.21 bits per heavy atom. The number of ether oxygens (including phenoxy) is 1. The number of nitrogens with one attached hydrogen (secondary N) is 2. The number of amides is 1. The number of benzene rings is 1. The minimum absolute atomic E-state index is 0.127. The molecule has 2 rings (SSSR count). The summed E-state index contributed by atoms with van der Waals surface area (Å²) in [5.41, 5.74) is 1.86. The fraction of sp³-hybridized carbons (Fsp3) is 0.308. The predicted octanol–water partition coefficient (Wildman–Crippen LogP) is 4.22. The number of hydrogen-bond donors (Lipinski definition) is 2. The number of aromatic nitrogens is 1. The van der Waals surface area contributed by atoms with Gasteiger partial charge in [0.15, 0.2) is 0 Å². The lowest BCUT2D eigenvalue weighted by atomic mass is 10.2. The van der Waals surface area contributed by atoms with E-state index < -0.39 is 6.09 Å². The van der Waals surface area contributed by atoms with Gasteiger partial charge in [-0.2, -0.15) is 0 Å². The fourth-order valence-electron chi connectivity index (χ4n) is 1.71. The van der Waals surface area contributed by atoms with Gasteiger partial charge in [0.05, 0.1) is 17.7 Å². The van der Waals surface area contributed by atoms with Crippen LogP contribution in [0.15, 0.2) is 22.7 Å². The van der Waals surface area contributed by atoms with Crippen LogP contribution in [0, 0.1) is 0 Å². The van der Waals surface area contributed by atoms with Crippen molar-refractivity contribution in [3.8, 4) is 0 Å². The van der Waals surface area contributed by atoms with Gasteiger partial charge in [0, 0.05) is 21.1 Å². The van der Waals surface area contributed by atoms with Gasteiger partial charge in [-0.1, -0.05) is 11.6 Å². The molecule has 1 heterocycles. The summed E-state index contributed by atoms with van der Waals surface area (Å²) in [6.45, 7) is 4.00. The second-order valence-electron chi connectivity index (χ2n) is 4.46. The van der Waals surface area contributed by atoms with Gasteiger partial charge in [-0.15, -0.1) is 0 Å². The van der Waals surface area contributed by atoms with Crippen molar-refractivity contribution in [2.45, 2.75) is 26.5 Å². The molecule has 1 amide bonds. The molecule has 0 radical (unpaired) electrons. The molecule has 0 spiro atoms. The van der Waals surface area contributed by atoms with E-state index >= 15 is 0 Å². The van der Waals surface area contributed by atoms with Gasteiger partial charge in [-0.25, -0.2) is 4.79 Å². The van der Waals surface area contributed by atoms with E-state index in [0.717, 1.165) is 21.1 Å². The number of halogens is 2. The quantitative estimate of drug-likeness (QED) is 0.875. The molecule has 2 N–H and O–H groups in total. The third-order valence-corrected chi connectivity index (χ3v) is 3.68. The maximum Gasteiger partial charge on any atom is 0.407 e. The van der Waals surface area contributed by atoms with Gasteiger partial charge in [0.1, 0.15) is 0 Å². The Labute approximate surface area is 124 Å². The van der Waals surface area contributed by atoms with Gasteiger partial charge in [-0.05, 0) is 48.0 Å². The van der Waals surface area contributed by atoms with Crippen molar-refractivity contribution in [3.05, 3.63) is 33.4 Å². The summed E-state index contributed by atoms with van der Waals surface area (Å²) < 4.78 is 5.83. The normalized spacial score (nSPS) is 11.0. The van der Waals surface area contributed by atoms with Crippen molar-refractivity contribution in [1.29, 1.82) is 0 Å². The maximum atomic E-state index is 11.4. The first kappa shape index (κ1) is 14.2. The number of hydrogen-bond acceptors (Lipinski definition) is 2. The van der Waals surface area contributed by atoms with Crippen molar-refractivity contribution < 1.29 is 9.53 Å². The Morgan fingerprint density at radius 3 is 2.89 bits per heavy atom. The number of H-pyrrole nitrogens is 1. The molecule has 0 aliphatic heterocycles. The Hall–Kier alpha value is -1.20. The molecule has 1 aromatic heterocycles. The highest BCUT2D eigenvalue weighted by atomic mass is 79.9. The van der Waals surface area contributed by atoms with Crippen LogP contribution in [0.1, 0.15) is 19.5 Å². The van der Waals surface area contributed by atoms with Crippen molar-refractivity contribution >= 4 is 44.5 Å². The minimum Gasteiger partial charge on any atom is -0.447 e. The highest BCUT2D eigenvalue weighted by Gasteiger charge is 2.07. The average molecular weight is 346 g/mol. The van der Waals surface area contributed by atoms with Gasteiger partial charge in [0.25, 0.3) is 0 Å². The van der Waals surface area contributed by atoms with E-state index in [0.29, 0.717) is 11.6 Å². The average Bonchev–Trinajstić information content (AvgIpc) is 2.68. The zero-order chi connectivity index (χ0) is 14.0. The van der Waals surface area contributed by atoms with Crippen LogP contribution in [0.4, 0.5) is 4.79 Å². The minimum atomic E-state index is -0.423. The lowest BCUT2D eigenvalue weighted by Crippen LogP contribution is -2.26. The molecule has 0 saturated carbocycles. The Bertz CT molecular complexity index is 571. The predicted molar refractivity (Wildman–Crippen MR) is 79.5 cm³/mol. The molecule has 4 nitrogen and oxygen atoms in total. The zero-order valence-corrected chi connectivity index (χ0v) is 12.9. The molecular weight excluding hydrogens is 332 g/mol. The molecule has 0 fully saturated rings. The summed E-state index contributed by atoms with van der Waals surface area (Å²) in [6, 6.07) is 5.73. The Kier molecular flexibility index (Phi) is 4.37. The third kappa shape index (κ3) is 3.64. The third-order valence-electron chi connectivity index (χ3n) is 2.48. The maximum absolute atomic E-state index is 11.4.